The molecule has 20 heavy (non-hydrogen) atoms. The number of aromatic hydroxyl groups is 1. The third kappa shape index (κ3) is 3.50. The molecule has 0 saturated carbocycles. The van der Waals surface area contributed by atoms with Crippen molar-refractivity contribution >= 4 is 28.9 Å². The Bertz CT molecular complexity index is 582. The Labute approximate surface area is 128 Å². The molecule has 2 aromatic rings. The number of nitrogens with one attached hydrogen (secondary N) is 1. The van der Waals surface area contributed by atoms with E-state index in [1.54, 1.807) is 30.3 Å². The van der Waals surface area contributed by atoms with Gasteiger partial charge in [0.25, 0.3) is 0 Å². The van der Waals surface area contributed by atoms with E-state index in [0.29, 0.717) is 34.5 Å². The van der Waals surface area contributed by atoms with Crippen LogP contribution < -0.4 is 10.1 Å². The molecule has 2 N–H and O–H groups in total. The molecule has 0 amide bonds. The van der Waals surface area contributed by atoms with E-state index >= 15 is 0 Å². The molecular weight excluding hydrogens is 297 g/mol. The highest BCUT2D eigenvalue weighted by Crippen LogP contribution is 2.29. The summed E-state index contributed by atoms with van der Waals surface area (Å²) in [4.78, 5) is 0. The zero-order valence-corrected chi connectivity index (χ0v) is 12.5. The van der Waals surface area contributed by atoms with Crippen LogP contribution in [0.4, 0.5) is 5.69 Å². The molecule has 3 nitrogen and oxygen atoms in total. The minimum absolute atomic E-state index is 0.169. The minimum Gasteiger partial charge on any atom is -0.508 e. The molecule has 0 saturated heterocycles. The minimum atomic E-state index is 0.169. The van der Waals surface area contributed by atoms with E-state index in [-0.39, 0.29) is 5.75 Å². The Morgan fingerprint density at radius 1 is 1.15 bits per heavy atom. The van der Waals surface area contributed by atoms with Crippen LogP contribution >= 0.6 is 23.2 Å². The van der Waals surface area contributed by atoms with Crippen molar-refractivity contribution in [3.05, 3.63) is 52.0 Å². The van der Waals surface area contributed by atoms with Gasteiger partial charge in [0.15, 0.2) is 0 Å². The number of phenolic OH excluding ortho intramolecular Hbond substituents is 1. The Morgan fingerprint density at radius 3 is 2.60 bits per heavy atom. The van der Waals surface area contributed by atoms with Gasteiger partial charge in [0.2, 0.25) is 0 Å². The fraction of sp³-hybridized carbons (Fsp3) is 0.200. The van der Waals surface area contributed by atoms with Crippen molar-refractivity contribution < 1.29 is 9.84 Å². The highest BCUT2D eigenvalue weighted by atomic mass is 35.5. The summed E-state index contributed by atoms with van der Waals surface area (Å²) in [5.74, 6) is 0.822. The Kier molecular flexibility index (Phi) is 4.99. The lowest BCUT2D eigenvalue weighted by molar-refractivity contribution is 0.340. The topological polar surface area (TPSA) is 41.5 Å². The van der Waals surface area contributed by atoms with Crippen molar-refractivity contribution in [3.63, 3.8) is 0 Å². The van der Waals surface area contributed by atoms with Gasteiger partial charge in [0.05, 0.1) is 11.6 Å². The summed E-state index contributed by atoms with van der Waals surface area (Å²) in [6, 6.07) is 10.5. The molecular formula is C15H15Cl2NO2. The maximum Gasteiger partial charge on any atom is 0.138 e. The molecule has 0 radical (unpaired) electrons. The predicted octanol–water partition coefficient (Wildman–Crippen LogP) is 4.71. The van der Waals surface area contributed by atoms with Crippen LogP contribution in [-0.2, 0) is 6.54 Å². The van der Waals surface area contributed by atoms with Gasteiger partial charge in [-0.3, -0.25) is 0 Å². The summed E-state index contributed by atoms with van der Waals surface area (Å²) < 4.78 is 5.37. The van der Waals surface area contributed by atoms with Crippen LogP contribution in [0.15, 0.2) is 36.4 Å². The number of hydrogen-bond donors (Lipinski definition) is 2. The highest BCUT2D eigenvalue weighted by Gasteiger charge is 2.07. The summed E-state index contributed by atoms with van der Waals surface area (Å²) in [7, 11) is 0. The first-order valence-corrected chi connectivity index (χ1v) is 7.00. The van der Waals surface area contributed by atoms with Gasteiger partial charge < -0.3 is 15.2 Å². The zero-order valence-electron chi connectivity index (χ0n) is 11.0. The number of benzene rings is 2. The summed E-state index contributed by atoms with van der Waals surface area (Å²) in [5.41, 5.74) is 1.48. The number of anilines is 1. The maximum absolute atomic E-state index is 9.77. The fourth-order valence-corrected chi connectivity index (χ4v) is 2.27. The van der Waals surface area contributed by atoms with E-state index in [1.807, 2.05) is 13.0 Å². The molecule has 0 spiro atoms. The quantitative estimate of drug-likeness (QED) is 0.840. The second-order valence-electron chi connectivity index (χ2n) is 4.17. The third-order valence-corrected chi connectivity index (χ3v) is 3.44. The van der Waals surface area contributed by atoms with E-state index in [0.717, 1.165) is 5.69 Å². The zero-order chi connectivity index (χ0) is 14.5. The summed E-state index contributed by atoms with van der Waals surface area (Å²) in [6.45, 7) is 2.89. The molecule has 0 aliphatic rings. The van der Waals surface area contributed by atoms with Crippen LogP contribution in [-0.4, -0.2) is 11.7 Å². The standard InChI is InChI=1S/C15H15Cl2NO2/c1-2-20-15-7-6-10(8-13(15)17)18-9-11-12(16)4-3-5-14(11)19/h3-8,18-19H,2,9H2,1H3. The first-order chi connectivity index (χ1) is 9.61. The molecule has 0 heterocycles. The largest absolute Gasteiger partial charge is 0.508 e. The lowest BCUT2D eigenvalue weighted by Gasteiger charge is -2.11. The summed E-state index contributed by atoms with van der Waals surface area (Å²) in [5, 5.41) is 14.0. The molecule has 0 atom stereocenters. The normalized spacial score (nSPS) is 10.3. The van der Waals surface area contributed by atoms with Gasteiger partial charge in [0.1, 0.15) is 11.5 Å². The second kappa shape index (κ2) is 6.73. The number of hydrogen-bond acceptors (Lipinski definition) is 3. The average molecular weight is 312 g/mol. The fourth-order valence-electron chi connectivity index (χ4n) is 1.80. The predicted molar refractivity (Wildman–Crippen MR) is 83.1 cm³/mol. The Morgan fingerprint density at radius 2 is 1.95 bits per heavy atom. The van der Waals surface area contributed by atoms with Crippen LogP contribution in [0.3, 0.4) is 0 Å². The molecule has 0 unspecified atom stereocenters. The molecule has 0 aromatic heterocycles. The first kappa shape index (κ1) is 14.8. The maximum atomic E-state index is 9.77. The van der Waals surface area contributed by atoms with Gasteiger partial charge in [-0.1, -0.05) is 29.3 Å². The molecule has 106 valence electrons. The van der Waals surface area contributed by atoms with Crippen molar-refractivity contribution in [1.29, 1.82) is 0 Å². The monoisotopic (exact) mass is 311 g/mol. The van der Waals surface area contributed by atoms with E-state index in [9.17, 15) is 5.11 Å². The number of halogens is 2. The average Bonchev–Trinajstić information content (AvgIpc) is 2.41. The van der Waals surface area contributed by atoms with Crippen molar-refractivity contribution in [2.45, 2.75) is 13.5 Å². The molecule has 5 heteroatoms. The van der Waals surface area contributed by atoms with Crippen LogP contribution in [0.5, 0.6) is 11.5 Å². The van der Waals surface area contributed by atoms with Gasteiger partial charge >= 0.3 is 0 Å². The van der Waals surface area contributed by atoms with Crippen molar-refractivity contribution in [2.24, 2.45) is 0 Å². The van der Waals surface area contributed by atoms with E-state index in [2.05, 4.69) is 5.32 Å². The van der Waals surface area contributed by atoms with Crippen molar-refractivity contribution in [1.82, 2.24) is 0 Å². The molecule has 0 aliphatic carbocycles. The van der Waals surface area contributed by atoms with Gasteiger partial charge in [0, 0.05) is 22.8 Å². The van der Waals surface area contributed by atoms with Gasteiger partial charge in [-0.25, -0.2) is 0 Å². The summed E-state index contributed by atoms with van der Waals surface area (Å²) in [6.07, 6.45) is 0. The number of rotatable bonds is 5. The van der Waals surface area contributed by atoms with Gasteiger partial charge in [-0.05, 0) is 37.3 Å². The van der Waals surface area contributed by atoms with Crippen LogP contribution in [0, 0.1) is 0 Å². The van der Waals surface area contributed by atoms with E-state index in [4.69, 9.17) is 27.9 Å². The molecule has 0 bridgehead atoms. The van der Waals surface area contributed by atoms with E-state index < -0.39 is 0 Å². The Hall–Kier alpha value is -1.58. The van der Waals surface area contributed by atoms with E-state index in [1.165, 1.54) is 0 Å². The lowest BCUT2D eigenvalue weighted by atomic mass is 10.2. The van der Waals surface area contributed by atoms with Crippen LogP contribution in [0.1, 0.15) is 12.5 Å². The second-order valence-corrected chi connectivity index (χ2v) is 4.98. The van der Waals surface area contributed by atoms with Gasteiger partial charge in [-0.2, -0.15) is 0 Å². The molecule has 0 aliphatic heterocycles. The third-order valence-electron chi connectivity index (χ3n) is 2.80. The van der Waals surface area contributed by atoms with Crippen LogP contribution in [0.25, 0.3) is 0 Å². The Balaban J connectivity index is 2.09. The SMILES string of the molecule is CCOc1ccc(NCc2c(O)cccc2Cl)cc1Cl. The molecule has 2 aromatic carbocycles. The smallest absolute Gasteiger partial charge is 0.138 e. The number of phenols is 1. The first-order valence-electron chi connectivity index (χ1n) is 6.24. The highest BCUT2D eigenvalue weighted by molar-refractivity contribution is 6.32. The lowest BCUT2D eigenvalue weighted by Crippen LogP contribution is -2.01. The van der Waals surface area contributed by atoms with Crippen molar-refractivity contribution in [2.75, 3.05) is 11.9 Å². The molecule has 0 fully saturated rings. The molecule has 2 rings (SSSR count). The summed E-state index contributed by atoms with van der Waals surface area (Å²) >= 11 is 12.2. The van der Waals surface area contributed by atoms with Crippen LogP contribution in [0.2, 0.25) is 10.0 Å². The number of ether oxygens (including phenoxy) is 1. The van der Waals surface area contributed by atoms with Gasteiger partial charge in [-0.15, -0.1) is 0 Å². The van der Waals surface area contributed by atoms with Crippen molar-refractivity contribution in [3.8, 4) is 11.5 Å².